The number of nitrogens with zero attached hydrogens (tertiary/aromatic N) is 1. The smallest absolute Gasteiger partial charge is 0.139 e. The molecule has 1 aliphatic carbocycles. The van der Waals surface area contributed by atoms with Crippen molar-refractivity contribution in [1.82, 2.24) is 0 Å². The lowest BCUT2D eigenvalue weighted by Gasteiger charge is -2.10. The summed E-state index contributed by atoms with van der Waals surface area (Å²) in [7, 11) is 0. The molecule has 0 unspecified atom stereocenters. The number of para-hydroxylation sites is 1. The second-order valence-electron chi connectivity index (χ2n) is 6.25. The van der Waals surface area contributed by atoms with Crippen LogP contribution in [0.3, 0.4) is 0 Å². The van der Waals surface area contributed by atoms with Gasteiger partial charge < -0.3 is 9.52 Å². The number of rotatable bonds is 2. The van der Waals surface area contributed by atoms with Gasteiger partial charge in [-0.2, -0.15) is 0 Å². The molecule has 3 nitrogen and oxygen atoms in total. The average Bonchev–Trinajstić information content (AvgIpc) is 2.94. The Labute approximate surface area is 149 Å². The highest BCUT2D eigenvalue weighted by Gasteiger charge is 2.22. The molecule has 0 amide bonds. The van der Waals surface area contributed by atoms with Crippen LogP contribution < -0.4 is 0 Å². The Bertz CT molecular complexity index is 956. The van der Waals surface area contributed by atoms with Crippen LogP contribution in [0.4, 0.5) is 5.69 Å². The maximum atomic E-state index is 10.6. The normalized spacial score (nSPS) is 14.4. The third kappa shape index (κ3) is 2.55. The Morgan fingerprint density at radius 3 is 2.83 bits per heavy atom. The number of furan rings is 1. The van der Waals surface area contributed by atoms with Crippen molar-refractivity contribution < 1.29 is 9.52 Å². The van der Waals surface area contributed by atoms with Crippen molar-refractivity contribution in [2.45, 2.75) is 32.6 Å². The zero-order valence-corrected chi connectivity index (χ0v) is 15.1. The Balaban J connectivity index is 1.92. The summed E-state index contributed by atoms with van der Waals surface area (Å²) in [5.74, 6) is 1.27. The highest BCUT2D eigenvalue weighted by molar-refractivity contribution is 9.10. The molecule has 0 atom stereocenters. The highest BCUT2D eigenvalue weighted by atomic mass is 79.9. The highest BCUT2D eigenvalue weighted by Crippen LogP contribution is 2.40. The molecule has 0 spiro atoms. The van der Waals surface area contributed by atoms with E-state index >= 15 is 0 Å². The Morgan fingerprint density at radius 1 is 1.21 bits per heavy atom. The van der Waals surface area contributed by atoms with E-state index in [1.165, 1.54) is 5.56 Å². The quantitative estimate of drug-likeness (QED) is 0.565. The average molecular weight is 384 g/mol. The van der Waals surface area contributed by atoms with Crippen LogP contribution in [0.1, 0.15) is 35.3 Å². The first-order chi connectivity index (χ1) is 11.6. The van der Waals surface area contributed by atoms with Crippen LogP contribution in [-0.4, -0.2) is 11.3 Å². The number of aliphatic imine (C=N–C) groups is 1. The van der Waals surface area contributed by atoms with E-state index in [1.54, 1.807) is 6.21 Å². The van der Waals surface area contributed by atoms with E-state index in [0.717, 1.165) is 59.2 Å². The second-order valence-corrected chi connectivity index (χ2v) is 7.10. The first kappa shape index (κ1) is 15.5. The predicted octanol–water partition coefficient (Wildman–Crippen LogP) is 5.84. The molecule has 1 aliphatic rings. The van der Waals surface area contributed by atoms with E-state index in [-0.39, 0.29) is 5.75 Å². The Morgan fingerprint density at radius 2 is 2.00 bits per heavy atom. The molecule has 122 valence electrons. The number of aromatic hydroxyl groups is 1. The van der Waals surface area contributed by atoms with Gasteiger partial charge in [-0.1, -0.05) is 18.2 Å². The zero-order valence-electron chi connectivity index (χ0n) is 13.5. The van der Waals surface area contributed by atoms with Crippen LogP contribution >= 0.6 is 15.9 Å². The summed E-state index contributed by atoms with van der Waals surface area (Å²) in [6.07, 6.45) is 6.04. The minimum Gasteiger partial charge on any atom is -0.506 e. The van der Waals surface area contributed by atoms with Crippen LogP contribution in [0.2, 0.25) is 0 Å². The van der Waals surface area contributed by atoms with E-state index in [1.807, 2.05) is 37.3 Å². The van der Waals surface area contributed by atoms with Crippen LogP contribution in [0, 0.1) is 6.92 Å². The molecule has 0 fully saturated rings. The summed E-state index contributed by atoms with van der Waals surface area (Å²) >= 11 is 3.43. The monoisotopic (exact) mass is 383 g/mol. The van der Waals surface area contributed by atoms with Crippen molar-refractivity contribution in [2.75, 3.05) is 0 Å². The first-order valence-corrected chi connectivity index (χ1v) is 9.00. The predicted molar refractivity (Wildman–Crippen MR) is 101 cm³/mol. The van der Waals surface area contributed by atoms with E-state index in [4.69, 9.17) is 4.42 Å². The fraction of sp³-hybridized carbons (Fsp3) is 0.250. The van der Waals surface area contributed by atoms with E-state index in [9.17, 15) is 5.11 Å². The van der Waals surface area contributed by atoms with E-state index in [0.29, 0.717) is 4.47 Å². The fourth-order valence-corrected chi connectivity index (χ4v) is 3.80. The van der Waals surface area contributed by atoms with E-state index < -0.39 is 0 Å². The lowest BCUT2D eigenvalue weighted by atomic mass is 9.94. The van der Waals surface area contributed by atoms with Crippen LogP contribution in [0.25, 0.3) is 11.0 Å². The third-order valence-corrected chi connectivity index (χ3v) is 5.26. The number of halogens is 1. The summed E-state index contributed by atoms with van der Waals surface area (Å²) in [6.45, 7) is 2.03. The number of aryl methyl sites for hydroxylation is 3. The second kappa shape index (κ2) is 6.10. The molecule has 2 aromatic carbocycles. The Kier molecular flexibility index (Phi) is 3.93. The molecular formula is C20H18BrNO2. The largest absolute Gasteiger partial charge is 0.506 e. The molecule has 0 bridgehead atoms. The standard InChI is InChI=1S/C20H18BrNO2/c1-12-6-2-4-8-16(12)22-11-14-19-13-7-3-5-9-17(13)24-18(19)10-15(21)20(14)23/h2,4,6,8,10-11,23H,3,5,7,9H2,1H3. The van der Waals surface area contributed by atoms with Gasteiger partial charge in [0, 0.05) is 29.1 Å². The van der Waals surface area contributed by atoms with E-state index in [2.05, 4.69) is 20.9 Å². The van der Waals surface area contributed by atoms with Crippen molar-refractivity contribution in [3.05, 3.63) is 57.3 Å². The molecule has 3 aromatic rings. The molecular weight excluding hydrogens is 366 g/mol. The molecule has 4 heteroatoms. The number of phenols is 1. The van der Waals surface area contributed by atoms with Crippen molar-refractivity contribution >= 4 is 38.8 Å². The van der Waals surface area contributed by atoms with Gasteiger partial charge in [-0.3, -0.25) is 4.99 Å². The molecule has 24 heavy (non-hydrogen) atoms. The molecule has 0 saturated heterocycles. The topological polar surface area (TPSA) is 45.7 Å². The third-order valence-electron chi connectivity index (χ3n) is 4.66. The van der Waals surface area contributed by atoms with Gasteiger partial charge in [0.1, 0.15) is 17.1 Å². The molecule has 0 saturated carbocycles. The summed E-state index contributed by atoms with van der Waals surface area (Å²) in [4.78, 5) is 4.61. The van der Waals surface area contributed by atoms with Gasteiger partial charge in [0.05, 0.1) is 10.2 Å². The number of phenolic OH excluding ortho intramolecular Hbond substituents is 1. The van der Waals surface area contributed by atoms with Crippen LogP contribution in [0.5, 0.6) is 5.75 Å². The van der Waals surface area contributed by atoms with Crippen molar-refractivity contribution in [2.24, 2.45) is 4.99 Å². The fourth-order valence-electron chi connectivity index (χ4n) is 3.38. The zero-order chi connectivity index (χ0) is 16.7. The van der Waals surface area contributed by atoms with Gasteiger partial charge in [0.25, 0.3) is 0 Å². The van der Waals surface area contributed by atoms with Crippen molar-refractivity contribution in [1.29, 1.82) is 0 Å². The lowest BCUT2D eigenvalue weighted by molar-refractivity contribution is 0.471. The maximum Gasteiger partial charge on any atom is 0.139 e. The van der Waals surface area contributed by atoms with Gasteiger partial charge in [-0.05, 0) is 59.8 Å². The number of hydrogen-bond acceptors (Lipinski definition) is 3. The van der Waals surface area contributed by atoms with Gasteiger partial charge in [0.2, 0.25) is 0 Å². The van der Waals surface area contributed by atoms with Gasteiger partial charge in [0.15, 0.2) is 0 Å². The van der Waals surface area contributed by atoms with Crippen molar-refractivity contribution in [3.8, 4) is 5.75 Å². The van der Waals surface area contributed by atoms with Gasteiger partial charge in [-0.15, -0.1) is 0 Å². The molecule has 1 N–H and O–H groups in total. The summed E-state index contributed by atoms with van der Waals surface area (Å²) in [5.41, 5.74) is 4.79. The SMILES string of the molecule is Cc1ccccc1N=Cc1c(O)c(Br)cc2oc3c(c12)CCCC3. The summed E-state index contributed by atoms with van der Waals surface area (Å²) in [6, 6.07) is 9.82. The summed E-state index contributed by atoms with van der Waals surface area (Å²) < 4.78 is 6.67. The van der Waals surface area contributed by atoms with Crippen molar-refractivity contribution in [3.63, 3.8) is 0 Å². The van der Waals surface area contributed by atoms with Crippen LogP contribution in [-0.2, 0) is 12.8 Å². The number of benzene rings is 2. The molecule has 0 aliphatic heterocycles. The maximum absolute atomic E-state index is 10.6. The molecule has 1 heterocycles. The number of fused-ring (bicyclic) bond motifs is 3. The van der Waals surface area contributed by atoms with Crippen LogP contribution in [0.15, 0.2) is 44.2 Å². The van der Waals surface area contributed by atoms with Gasteiger partial charge >= 0.3 is 0 Å². The number of hydrogen-bond donors (Lipinski definition) is 1. The van der Waals surface area contributed by atoms with Gasteiger partial charge in [-0.25, -0.2) is 0 Å². The Hall–Kier alpha value is -2.07. The molecule has 0 radical (unpaired) electrons. The molecule has 4 rings (SSSR count). The summed E-state index contributed by atoms with van der Waals surface area (Å²) in [5, 5.41) is 11.6. The lowest BCUT2D eigenvalue weighted by Crippen LogP contribution is -1.99. The first-order valence-electron chi connectivity index (χ1n) is 8.20. The minimum atomic E-state index is 0.217. The molecule has 1 aromatic heterocycles. The minimum absolute atomic E-state index is 0.217.